The highest BCUT2D eigenvalue weighted by molar-refractivity contribution is 4.83. The highest BCUT2D eigenvalue weighted by Gasteiger charge is 2.34. The summed E-state index contributed by atoms with van der Waals surface area (Å²) in [4.78, 5) is 7.37. The zero-order valence-electron chi connectivity index (χ0n) is 9.62. The Morgan fingerprint density at radius 3 is 2.08 bits per heavy atom. The lowest BCUT2D eigenvalue weighted by molar-refractivity contribution is 0.0103. The second-order valence-corrected chi connectivity index (χ2v) is 4.02. The predicted molar refractivity (Wildman–Crippen MR) is 56.6 cm³/mol. The zero-order chi connectivity index (χ0) is 10.0. The molecule has 0 saturated carbocycles. The fraction of sp³-hybridized carbons (Fsp3) is 1.00. The first-order valence-corrected chi connectivity index (χ1v) is 5.28. The maximum absolute atomic E-state index is 2.49. The van der Waals surface area contributed by atoms with Crippen molar-refractivity contribution in [3.05, 3.63) is 0 Å². The second-order valence-electron chi connectivity index (χ2n) is 4.02. The van der Waals surface area contributed by atoms with Gasteiger partial charge in [0.2, 0.25) is 0 Å². The zero-order valence-corrected chi connectivity index (χ0v) is 9.62. The topological polar surface area (TPSA) is 9.72 Å². The summed E-state index contributed by atoms with van der Waals surface area (Å²) in [7, 11) is 4.43. The summed E-state index contributed by atoms with van der Waals surface area (Å²) in [5.41, 5.74) is 0. The molecule has 1 aliphatic heterocycles. The Hall–Kier alpha value is -0.120. The molecule has 0 aromatic carbocycles. The van der Waals surface area contributed by atoms with E-state index in [2.05, 4.69) is 49.6 Å². The van der Waals surface area contributed by atoms with Crippen molar-refractivity contribution in [2.75, 3.05) is 33.7 Å². The van der Waals surface area contributed by atoms with Crippen molar-refractivity contribution in [3.8, 4) is 0 Å². The molecule has 0 spiro atoms. The van der Waals surface area contributed by atoms with Gasteiger partial charge >= 0.3 is 0 Å². The Balaban J connectivity index is 2.66. The summed E-state index contributed by atoms with van der Waals surface area (Å²) in [5, 5.41) is 0. The molecule has 1 aliphatic rings. The summed E-state index contributed by atoms with van der Waals surface area (Å²) in [6, 6.07) is 0.676. The SMILES string of the molecule is CCN(CC)C1N(C)CC(C)N1C. The van der Waals surface area contributed by atoms with Gasteiger partial charge in [-0.3, -0.25) is 14.7 Å². The van der Waals surface area contributed by atoms with Crippen molar-refractivity contribution in [2.45, 2.75) is 33.1 Å². The molecular weight excluding hydrogens is 162 g/mol. The van der Waals surface area contributed by atoms with Crippen LogP contribution in [0.5, 0.6) is 0 Å². The molecule has 1 fully saturated rings. The molecule has 3 heteroatoms. The molecule has 0 bridgehead atoms. The maximum atomic E-state index is 2.49. The standard InChI is InChI=1S/C10H23N3/c1-6-13(7-2)10-11(4)8-9(3)12(10)5/h9-10H,6-8H2,1-5H3. The molecule has 0 radical (unpaired) electrons. The third-order valence-corrected chi connectivity index (χ3v) is 3.14. The number of nitrogens with zero attached hydrogens (tertiary/aromatic N) is 3. The van der Waals surface area contributed by atoms with E-state index in [1.807, 2.05) is 0 Å². The molecule has 0 aromatic rings. The predicted octanol–water partition coefficient (Wildman–Crippen LogP) is 0.877. The average Bonchev–Trinajstić information content (AvgIpc) is 2.34. The van der Waals surface area contributed by atoms with Crippen LogP contribution < -0.4 is 0 Å². The van der Waals surface area contributed by atoms with Crippen LogP contribution in [0.25, 0.3) is 0 Å². The van der Waals surface area contributed by atoms with E-state index in [0.717, 1.165) is 13.1 Å². The Morgan fingerprint density at radius 2 is 1.77 bits per heavy atom. The highest BCUT2D eigenvalue weighted by atomic mass is 15.5. The minimum absolute atomic E-state index is 0.505. The normalized spacial score (nSPS) is 31.8. The van der Waals surface area contributed by atoms with Crippen LogP contribution in [-0.2, 0) is 0 Å². The number of hydrogen-bond donors (Lipinski definition) is 0. The van der Waals surface area contributed by atoms with Crippen molar-refractivity contribution in [2.24, 2.45) is 0 Å². The maximum Gasteiger partial charge on any atom is 0.119 e. The molecule has 3 nitrogen and oxygen atoms in total. The van der Waals surface area contributed by atoms with Gasteiger partial charge in [0.1, 0.15) is 6.29 Å². The fourth-order valence-corrected chi connectivity index (χ4v) is 2.26. The molecule has 0 aromatic heterocycles. The van der Waals surface area contributed by atoms with Crippen LogP contribution in [0.1, 0.15) is 20.8 Å². The Bertz CT molecular complexity index is 156. The molecule has 0 N–H and O–H groups in total. The third-order valence-electron chi connectivity index (χ3n) is 3.14. The number of hydrogen-bond acceptors (Lipinski definition) is 3. The van der Waals surface area contributed by atoms with E-state index in [9.17, 15) is 0 Å². The minimum Gasteiger partial charge on any atom is -0.277 e. The first-order valence-electron chi connectivity index (χ1n) is 5.28. The average molecular weight is 185 g/mol. The van der Waals surface area contributed by atoms with Gasteiger partial charge in [-0.25, -0.2) is 0 Å². The van der Waals surface area contributed by atoms with Gasteiger partial charge in [-0.1, -0.05) is 13.8 Å². The molecule has 1 saturated heterocycles. The van der Waals surface area contributed by atoms with Crippen LogP contribution in [0.3, 0.4) is 0 Å². The summed E-state index contributed by atoms with van der Waals surface area (Å²) < 4.78 is 0. The fourth-order valence-electron chi connectivity index (χ4n) is 2.26. The summed E-state index contributed by atoms with van der Waals surface area (Å²) >= 11 is 0. The van der Waals surface area contributed by atoms with Gasteiger partial charge in [0.15, 0.2) is 0 Å². The van der Waals surface area contributed by atoms with E-state index in [4.69, 9.17) is 0 Å². The Morgan fingerprint density at radius 1 is 1.23 bits per heavy atom. The summed E-state index contributed by atoms with van der Waals surface area (Å²) in [6.45, 7) is 10.2. The Kier molecular flexibility index (Phi) is 3.71. The van der Waals surface area contributed by atoms with Crippen molar-refractivity contribution >= 4 is 0 Å². The molecule has 0 aliphatic carbocycles. The molecule has 2 atom stereocenters. The highest BCUT2D eigenvalue weighted by Crippen LogP contribution is 2.19. The molecule has 78 valence electrons. The van der Waals surface area contributed by atoms with Crippen molar-refractivity contribution in [3.63, 3.8) is 0 Å². The van der Waals surface area contributed by atoms with Crippen LogP contribution in [-0.4, -0.2) is 60.8 Å². The molecule has 0 amide bonds. The van der Waals surface area contributed by atoms with Crippen molar-refractivity contribution in [1.82, 2.24) is 14.7 Å². The van der Waals surface area contributed by atoms with Crippen LogP contribution in [0.15, 0.2) is 0 Å². The van der Waals surface area contributed by atoms with Gasteiger partial charge in [0.05, 0.1) is 0 Å². The number of rotatable bonds is 3. The van der Waals surface area contributed by atoms with E-state index in [-0.39, 0.29) is 0 Å². The molecule has 1 rings (SSSR count). The summed E-state index contributed by atoms with van der Waals surface area (Å²) in [6.07, 6.45) is 0.505. The molecule has 13 heavy (non-hydrogen) atoms. The second kappa shape index (κ2) is 4.40. The van der Waals surface area contributed by atoms with E-state index < -0.39 is 0 Å². The van der Waals surface area contributed by atoms with Gasteiger partial charge in [-0.15, -0.1) is 0 Å². The first kappa shape index (κ1) is 11.0. The van der Waals surface area contributed by atoms with Crippen LogP contribution >= 0.6 is 0 Å². The van der Waals surface area contributed by atoms with E-state index in [1.165, 1.54) is 6.54 Å². The van der Waals surface area contributed by atoms with Gasteiger partial charge in [-0.2, -0.15) is 0 Å². The monoisotopic (exact) mass is 185 g/mol. The van der Waals surface area contributed by atoms with Gasteiger partial charge < -0.3 is 0 Å². The smallest absolute Gasteiger partial charge is 0.119 e. The van der Waals surface area contributed by atoms with Crippen LogP contribution in [0.2, 0.25) is 0 Å². The lowest BCUT2D eigenvalue weighted by atomic mass is 10.3. The molecule has 2 unspecified atom stereocenters. The van der Waals surface area contributed by atoms with E-state index in [0.29, 0.717) is 12.3 Å². The van der Waals surface area contributed by atoms with Crippen molar-refractivity contribution in [1.29, 1.82) is 0 Å². The third kappa shape index (κ3) is 2.03. The van der Waals surface area contributed by atoms with E-state index >= 15 is 0 Å². The lowest BCUT2D eigenvalue weighted by Gasteiger charge is -2.35. The number of likely N-dealkylation sites (N-methyl/N-ethyl adjacent to an activating group) is 2. The lowest BCUT2D eigenvalue weighted by Crippen LogP contribution is -2.50. The van der Waals surface area contributed by atoms with Crippen LogP contribution in [0, 0.1) is 0 Å². The Labute approximate surface area is 82.3 Å². The minimum atomic E-state index is 0.505. The van der Waals surface area contributed by atoms with E-state index in [1.54, 1.807) is 0 Å². The largest absolute Gasteiger partial charge is 0.277 e. The quantitative estimate of drug-likeness (QED) is 0.646. The van der Waals surface area contributed by atoms with Crippen molar-refractivity contribution < 1.29 is 0 Å². The molecular formula is C10H23N3. The van der Waals surface area contributed by atoms with Crippen LogP contribution in [0.4, 0.5) is 0 Å². The molecule has 1 heterocycles. The summed E-state index contributed by atoms with van der Waals surface area (Å²) in [5.74, 6) is 0. The van der Waals surface area contributed by atoms with Gasteiger partial charge in [0.25, 0.3) is 0 Å². The van der Waals surface area contributed by atoms with Gasteiger partial charge in [-0.05, 0) is 34.1 Å². The van der Waals surface area contributed by atoms with Gasteiger partial charge in [0, 0.05) is 12.6 Å². The first-order chi connectivity index (χ1) is 6.11.